The van der Waals surface area contributed by atoms with Crippen LogP contribution in [0.4, 0.5) is 0 Å². The molecule has 4 aliphatic rings. The first kappa shape index (κ1) is 28.9. The maximum atomic E-state index is 13.6. The van der Waals surface area contributed by atoms with Crippen molar-refractivity contribution in [1.29, 1.82) is 0 Å². The molecule has 12 nitrogen and oxygen atoms in total. The maximum absolute atomic E-state index is 13.6. The van der Waals surface area contributed by atoms with Crippen molar-refractivity contribution in [3.05, 3.63) is 0 Å². The Labute approximate surface area is 220 Å². The molecule has 214 valence electrons. The van der Waals surface area contributed by atoms with Crippen molar-refractivity contribution in [3.63, 3.8) is 0 Å². The zero-order valence-electron chi connectivity index (χ0n) is 22.7. The van der Waals surface area contributed by atoms with E-state index in [1.54, 1.807) is 20.8 Å². The number of fused-ring (bicyclic) bond motifs is 5. The highest BCUT2D eigenvalue weighted by molar-refractivity contribution is 5.91. The minimum atomic E-state index is -2.61. The van der Waals surface area contributed by atoms with E-state index in [4.69, 9.17) is 18.9 Å². The Bertz CT molecular complexity index is 1060. The van der Waals surface area contributed by atoms with Crippen molar-refractivity contribution in [2.24, 2.45) is 22.7 Å². The van der Waals surface area contributed by atoms with Crippen LogP contribution in [0.25, 0.3) is 0 Å². The molecule has 0 amide bonds. The summed E-state index contributed by atoms with van der Waals surface area (Å²) < 4.78 is 22.9. The van der Waals surface area contributed by atoms with Gasteiger partial charge in [-0.3, -0.25) is 19.2 Å². The van der Waals surface area contributed by atoms with Crippen LogP contribution in [0.2, 0.25) is 0 Å². The first-order valence-electron chi connectivity index (χ1n) is 12.8. The summed E-state index contributed by atoms with van der Waals surface area (Å²) >= 11 is 0. The molecule has 5 unspecified atom stereocenters. The van der Waals surface area contributed by atoms with Crippen molar-refractivity contribution in [2.75, 3.05) is 0 Å². The van der Waals surface area contributed by atoms with Crippen LogP contribution in [0.3, 0.4) is 0 Å². The van der Waals surface area contributed by atoms with Crippen molar-refractivity contribution in [1.82, 2.24) is 0 Å². The summed E-state index contributed by atoms with van der Waals surface area (Å²) in [6, 6.07) is 0. The first-order chi connectivity index (χ1) is 17.3. The van der Waals surface area contributed by atoms with Crippen molar-refractivity contribution in [2.45, 2.75) is 115 Å². The van der Waals surface area contributed by atoms with Crippen LogP contribution in [0, 0.1) is 22.7 Å². The fourth-order valence-electron chi connectivity index (χ4n) is 8.31. The number of hydrogen-bond acceptors (Lipinski definition) is 12. The average molecular weight is 543 g/mol. The van der Waals surface area contributed by atoms with Gasteiger partial charge in [-0.15, -0.1) is 0 Å². The molecule has 11 atom stereocenters. The van der Waals surface area contributed by atoms with Gasteiger partial charge in [-0.1, -0.05) is 20.8 Å². The number of esters is 3. The number of rotatable bonds is 3. The molecule has 4 fully saturated rings. The highest BCUT2D eigenvalue weighted by Gasteiger charge is 2.83. The van der Waals surface area contributed by atoms with E-state index in [2.05, 4.69) is 0 Å². The highest BCUT2D eigenvalue weighted by Crippen LogP contribution is 2.70. The molecule has 3 aliphatic carbocycles. The molecular weight excluding hydrogens is 504 g/mol. The van der Waals surface area contributed by atoms with Crippen molar-refractivity contribution < 1.29 is 58.6 Å². The SMILES string of the molecule is CC(=O)OC1C(OC(C)=O)[C@@]2(O)C(C)(C)CCC(OC(C)=O)[C@]2(C)[C@H]2CC(=O)[C@@]3(O)C(O)C(O)O[C@@]3(C)[C@H]12. The van der Waals surface area contributed by atoms with Crippen LogP contribution >= 0.6 is 0 Å². The molecule has 4 rings (SSSR count). The third-order valence-corrected chi connectivity index (χ3v) is 10.0. The molecule has 38 heavy (non-hydrogen) atoms. The lowest BCUT2D eigenvalue weighted by Crippen LogP contribution is -2.84. The zero-order valence-corrected chi connectivity index (χ0v) is 22.7. The van der Waals surface area contributed by atoms with E-state index in [9.17, 15) is 39.6 Å². The largest absolute Gasteiger partial charge is 0.462 e. The van der Waals surface area contributed by atoms with Gasteiger partial charge in [0.2, 0.25) is 0 Å². The Balaban J connectivity index is 2.07. The van der Waals surface area contributed by atoms with Gasteiger partial charge < -0.3 is 39.4 Å². The molecule has 0 bridgehead atoms. The van der Waals surface area contributed by atoms with Gasteiger partial charge in [0, 0.05) is 38.5 Å². The number of ketones is 1. The second kappa shape index (κ2) is 8.69. The smallest absolute Gasteiger partial charge is 0.303 e. The molecule has 1 saturated heterocycles. The number of carbonyl (C=O) groups is 4. The number of carbonyl (C=O) groups excluding carboxylic acids is 4. The number of aliphatic hydroxyl groups is 4. The fraction of sp³-hybridized carbons (Fsp3) is 0.846. The second-order valence-electron chi connectivity index (χ2n) is 12.3. The van der Waals surface area contributed by atoms with E-state index in [-0.39, 0.29) is 0 Å². The summed E-state index contributed by atoms with van der Waals surface area (Å²) in [5, 5.41) is 45.6. The molecule has 3 saturated carbocycles. The minimum Gasteiger partial charge on any atom is -0.462 e. The Morgan fingerprint density at radius 1 is 0.921 bits per heavy atom. The van der Waals surface area contributed by atoms with E-state index in [0.29, 0.717) is 12.8 Å². The molecule has 12 heteroatoms. The number of ether oxygens (including phenoxy) is 4. The molecule has 1 heterocycles. The highest BCUT2D eigenvalue weighted by atomic mass is 16.7. The molecule has 0 spiro atoms. The predicted molar refractivity (Wildman–Crippen MR) is 126 cm³/mol. The number of Topliss-reactive ketones (excluding diaryl/α,β-unsaturated/α-hetero) is 1. The summed E-state index contributed by atoms with van der Waals surface area (Å²) in [7, 11) is 0. The van der Waals surface area contributed by atoms with Gasteiger partial charge >= 0.3 is 17.9 Å². The maximum Gasteiger partial charge on any atom is 0.303 e. The van der Waals surface area contributed by atoms with Gasteiger partial charge in [-0.05, 0) is 31.1 Å². The molecule has 0 radical (unpaired) electrons. The molecule has 0 aromatic heterocycles. The molecule has 1 aliphatic heterocycles. The van der Waals surface area contributed by atoms with Crippen LogP contribution in [0.5, 0.6) is 0 Å². The topological polar surface area (TPSA) is 186 Å². The van der Waals surface area contributed by atoms with Crippen molar-refractivity contribution in [3.8, 4) is 0 Å². The minimum absolute atomic E-state index is 0.293. The third kappa shape index (κ3) is 3.39. The number of aliphatic hydroxyl groups excluding tert-OH is 2. The molecule has 4 N–H and O–H groups in total. The van der Waals surface area contributed by atoms with Gasteiger partial charge in [0.15, 0.2) is 23.8 Å². The van der Waals surface area contributed by atoms with Crippen LogP contribution < -0.4 is 0 Å². The second-order valence-corrected chi connectivity index (χ2v) is 12.3. The van der Waals surface area contributed by atoms with E-state index >= 15 is 0 Å². The van der Waals surface area contributed by atoms with Crippen LogP contribution in [0.1, 0.15) is 67.7 Å². The quantitative estimate of drug-likeness (QED) is 0.271. The number of hydrogen-bond donors (Lipinski definition) is 4. The predicted octanol–water partition coefficient (Wildman–Crippen LogP) is -0.243. The summed E-state index contributed by atoms with van der Waals surface area (Å²) in [5.74, 6) is -5.27. The average Bonchev–Trinajstić information content (AvgIpc) is 2.96. The van der Waals surface area contributed by atoms with E-state index < -0.39 is 100 Å². The first-order valence-corrected chi connectivity index (χ1v) is 12.8. The Hall–Kier alpha value is -2.12. The Morgan fingerprint density at radius 2 is 1.47 bits per heavy atom. The van der Waals surface area contributed by atoms with E-state index in [1.165, 1.54) is 13.8 Å². The molecular formula is C26H38O12. The van der Waals surface area contributed by atoms with Crippen LogP contribution in [-0.4, -0.2) is 91.6 Å². The zero-order chi connectivity index (χ0) is 28.8. The van der Waals surface area contributed by atoms with Gasteiger partial charge in [0.25, 0.3) is 0 Å². The Morgan fingerprint density at radius 3 is 2.00 bits per heavy atom. The lowest BCUT2D eigenvalue weighted by atomic mass is 9.37. The third-order valence-electron chi connectivity index (χ3n) is 10.0. The van der Waals surface area contributed by atoms with Crippen molar-refractivity contribution >= 4 is 23.7 Å². The molecule has 0 aromatic rings. The fourth-order valence-corrected chi connectivity index (χ4v) is 8.31. The van der Waals surface area contributed by atoms with Crippen LogP contribution in [0.15, 0.2) is 0 Å². The summed E-state index contributed by atoms with van der Waals surface area (Å²) in [6.07, 6.45) is -7.82. The van der Waals surface area contributed by atoms with Gasteiger partial charge in [-0.25, -0.2) is 0 Å². The summed E-state index contributed by atoms with van der Waals surface area (Å²) in [5.41, 5.74) is -9.22. The van der Waals surface area contributed by atoms with Gasteiger partial charge in [0.05, 0.1) is 0 Å². The standard InChI is InChI=1S/C26H38O12/c1-11(27)35-16-8-9-22(4,5)26(34)20(37-13(3)29)18(36-12(2)28)17-14(23(16,26)6)10-15(30)25(33)19(31)21(32)38-24(17,25)7/h14,16-21,31-34H,8-10H2,1-7H3/t14-,16?,17-,18?,19?,20?,21?,23-,24-,25+,26+/m0/s1. The Kier molecular flexibility index (Phi) is 6.60. The van der Waals surface area contributed by atoms with Gasteiger partial charge in [-0.2, -0.15) is 0 Å². The lowest BCUT2D eigenvalue weighted by Gasteiger charge is -2.71. The summed E-state index contributed by atoms with van der Waals surface area (Å²) in [6.45, 7) is 9.89. The monoisotopic (exact) mass is 542 g/mol. The molecule has 0 aromatic carbocycles. The van der Waals surface area contributed by atoms with E-state index in [1.807, 2.05) is 0 Å². The van der Waals surface area contributed by atoms with E-state index in [0.717, 1.165) is 13.8 Å². The van der Waals surface area contributed by atoms with Crippen LogP contribution in [-0.2, 0) is 38.1 Å². The normalized spacial score (nSPS) is 49.2. The lowest BCUT2D eigenvalue weighted by molar-refractivity contribution is -0.360. The summed E-state index contributed by atoms with van der Waals surface area (Å²) in [4.78, 5) is 50.7. The van der Waals surface area contributed by atoms with Gasteiger partial charge in [0.1, 0.15) is 29.5 Å².